The number of carbonyl (C=O) groups excluding carboxylic acids is 1. The van der Waals surface area contributed by atoms with Gasteiger partial charge >= 0.3 is 0 Å². The summed E-state index contributed by atoms with van der Waals surface area (Å²) in [6.45, 7) is 4.13. The fraction of sp³-hybridized carbons (Fsp3) is 0.750. The molecule has 134 valence electrons. The lowest BCUT2D eigenvalue weighted by Gasteiger charge is -2.14. The van der Waals surface area contributed by atoms with Crippen molar-refractivity contribution >= 4 is 11.9 Å². The molecule has 1 aliphatic carbocycles. The normalized spacial score (nSPS) is 15.5. The molecule has 0 radical (unpaired) electrons. The van der Waals surface area contributed by atoms with E-state index in [1.54, 1.807) is 13.4 Å². The van der Waals surface area contributed by atoms with Crippen LogP contribution in [0, 0.1) is 0 Å². The molecule has 8 heteroatoms. The molecule has 0 unspecified atom stereocenters. The Morgan fingerprint density at radius 3 is 2.79 bits per heavy atom. The standard InChI is InChI=1S/C16H29N7O/c1-3-14-22-20-12-23(14)11-10-19-16(17-2)18-9-8-15(24)21-13-6-4-5-7-13/h12-13H,3-11H2,1-2H3,(H,21,24)(H2,17,18,19). The first kappa shape index (κ1) is 18.2. The Labute approximate surface area is 143 Å². The highest BCUT2D eigenvalue weighted by molar-refractivity contribution is 5.81. The van der Waals surface area contributed by atoms with Gasteiger partial charge in [0.15, 0.2) is 5.96 Å². The number of nitrogens with zero attached hydrogens (tertiary/aromatic N) is 4. The lowest BCUT2D eigenvalue weighted by Crippen LogP contribution is -2.41. The Balaban J connectivity index is 1.60. The van der Waals surface area contributed by atoms with Gasteiger partial charge in [-0.3, -0.25) is 9.79 Å². The van der Waals surface area contributed by atoms with Gasteiger partial charge in [0.05, 0.1) is 0 Å². The minimum atomic E-state index is 0.113. The van der Waals surface area contributed by atoms with Crippen molar-refractivity contribution in [2.75, 3.05) is 20.1 Å². The van der Waals surface area contributed by atoms with Crippen molar-refractivity contribution in [3.05, 3.63) is 12.2 Å². The molecule has 2 rings (SSSR count). The highest BCUT2D eigenvalue weighted by Crippen LogP contribution is 2.17. The molecular weight excluding hydrogens is 306 g/mol. The maximum absolute atomic E-state index is 11.9. The second-order valence-corrected chi connectivity index (χ2v) is 6.02. The summed E-state index contributed by atoms with van der Waals surface area (Å²) in [5.74, 6) is 1.79. The van der Waals surface area contributed by atoms with Crippen molar-refractivity contribution in [2.45, 2.75) is 58.0 Å². The smallest absolute Gasteiger partial charge is 0.221 e. The van der Waals surface area contributed by atoms with E-state index < -0.39 is 0 Å². The second-order valence-electron chi connectivity index (χ2n) is 6.02. The van der Waals surface area contributed by atoms with E-state index in [-0.39, 0.29) is 5.91 Å². The highest BCUT2D eigenvalue weighted by Gasteiger charge is 2.16. The molecule has 1 aromatic heterocycles. The number of hydrogen-bond donors (Lipinski definition) is 3. The van der Waals surface area contributed by atoms with Gasteiger partial charge in [-0.05, 0) is 12.8 Å². The van der Waals surface area contributed by atoms with Crippen molar-refractivity contribution in [3.8, 4) is 0 Å². The van der Waals surface area contributed by atoms with Crippen LogP contribution in [0.15, 0.2) is 11.3 Å². The summed E-state index contributed by atoms with van der Waals surface area (Å²) in [6, 6.07) is 0.381. The zero-order valence-corrected chi connectivity index (χ0v) is 14.7. The van der Waals surface area contributed by atoms with Crippen molar-refractivity contribution in [2.24, 2.45) is 4.99 Å². The van der Waals surface area contributed by atoms with Crippen molar-refractivity contribution in [1.29, 1.82) is 0 Å². The fourth-order valence-electron chi connectivity index (χ4n) is 2.92. The number of aryl methyl sites for hydroxylation is 1. The summed E-state index contributed by atoms with van der Waals surface area (Å²) >= 11 is 0. The molecule has 0 bridgehead atoms. The summed E-state index contributed by atoms with van der Waals surface area (Å²) in [5, 5.41) is 17.5. The van der Waals surface area contributed by atoms with Crippen LogP contribution in [0.25, 0.3) is 0 Å². The summed E-state index contributed by atoms with van der Waals surface area (Å²) in [7, 11) is 1.73. The lowest BCUT2D eigenvalue weighted by atomic mass is 10.2. The largest absolute Gasteiger partial charge is 0.356 e. The van der Waals surface area contributed by atoms with Gasteiger partial charge in [0.25, 0.3) is 0 Å². The van der Waals surface area contributed by atoms with Crippen molar-refractivity contribution in [3.63, 3.8) is 0 Å². The van der Waals surface area contributed by atoms with Crippen LogP contribution < -0.4 is 16.0 Å². The Kier molecular flexibility index (Phi) is 7.51. The van der Waals surface area contributed by atoms with Crippen LogP contribution in [0.4, 0.5) is 0 Å². The number of guanidine groups is 1. The molecule has 1 aliphatic rings. The third-order valence-corrected chi connectivity index (χ3v) is 4.25. The van der Waals surface area contributed by atoms with Gasteiger partial charge in [-0.15, -0.1) is 10.2 Å². The van der Waals surface area contributed by atoms with Crippen LogP contribution in [0.3, 0.4) is 0 Å². The third-order valence-electron chi connectivity index (χ3n) is 4.25. The van der Waals surface area contributed by atoms with Gasteiger partial charge in [-0.2, -0.15) is 0 Å². The molecule has 0 atom stereocenters. The molecule has 0 aromatic carbocycles. The summed E-state index contributed by atoms with van der Waals surface area (Å²) in [6.07, 6.45) is 7.75. The topological polar surface area (TPSA) is 96.2 Å². The van der Waals surface area contributed by atoms with E-state index in [9.17, 15) is 4.79 Å². The molecule has 1 aromatic rings. The average Bonchev–Trinajstić information content (AvgIpc) is 3.24. The molecule has 3 N–H and O–H groups in total. The summed E-state index contributed by atoms with van der Waals surface area (Å²) < 4.78 is 2.02. The SMILES string of the molecule is CCc1nncn1CCNC(=NC)NCCC(=O)NC1CCCC1. The third kappa shape index (κ3) is 5.82. The minimum Gasteiger partial charge on any atom is -0.356 e. The predicted molar refractivity (Wildman–Crippen MR) is 93.8 cm³/mol. The molecule has 1 saturated carbocycles. The molecule has 24 heavy (non-hydrogen) atoms. The van der Waals surface area contributed by atoms with E-state index in [4.69, 9.17) is 0 Å². The van der Waals surface area contributed by atoms with Gasteiger partial charge in [-0.25, -0.2) is 0 Å². The lowest BCUT2D eigenvalue weighted by molar-refractivity contribution is -0.121. The van der Waals surface area contributed by atoms with E-state index in [0.29, 0.717) is 25.0 Å². The second kappa shape index (κ2) is 9.89. The number of amides is 1. The zero-order chi connectivity index (χ0) is 17.2. The number of rotatable bonds is 8. The number of nitrogens with one attached hydrogen (secondary N) is 3. The van der Waals surface area contributed by atoms with Crippen molar-refractivity contribution in [1.82, 2.24) is 30.7 Å². The quantitative estimate of drug-likeness (QED) is 0.474. The first-order chi connectivity index (χ1) is 11.7. The van der Waals surface area contributed by atoms with Crippen LogP contribution in [-0.4, -0.2) is 52.8 Å². The maximum Gasteiger partial charge on any atom is 0.221 e. The number of hydrogen-bond acceptors (Lipinski definition) is 4. The van der Waals surface area contributed by atoms with Crippen molar-refractivity contribution < 1.29 is 4.79 Å². The maximum atomic E-state index is 11.9. The zero-order valence-electron chi connectivity index (χ0n) is 14.7. The predicted octanol–water partition coefficient (Wildman–Crippen LogP) is 0.454. The fourth-order valence-corrected chi connectivity index (χ4v) is 2.92. The average molecular weight is 335 g/mol. The Hall–Kier alpha value is -2.12. The molecule has 0 aliphatic heterocycles. The summed E-state index contributed by atoms with van der Waals surface area (Å²) in [4.78, 5) is 16.1. The highest BCUT2D eigenvalue weighted by atomic mass is 16.1. The Bertz CT molecular complexity index is 534. The molecule has 0 saturated heterocycles. The van der Waals surface area contributed by atoms with E-state index in [1.165, 1.54) is 12.8 Å². The van der Waals surface area contributed by atoms with Gasteiger partial charge in [0.1, 0.15) is 12.2 Å². The first-order valence-corrected chi connectivity index (χ1v) is 8.83. The molecule has 1 fully saturated rings. The number of aromatic nitrogens is 3. The van der Waals surface area contributed by atoms with Crippen LogP contribution in [0.1, 0.15) is 44.9 Å². The molecule has 8 nitrogen and oxygen atoms in total. The number of carbonyl (C=O) groups is 1. The first-order valence-electron chi connectivity index (χ1n) is 8.83. The van der Waals surface area contributed by atoms with Gasteiger partial charge in [0.2, 0.25) is 5.91 Å². The van der Waals surface area contributed by atoms with Crippen LogP contribution in [0.2, 0.25) is 0 Å². The Morgan fingerprint density at radius 2 is 2.08 bits per heavy atom. The van der Waals surface area contributed by atoms with Gasteiger partial charge in [0, 0.05) is 45.6 Å². The molecule has 1 amide bonds. The van der Waals surface area contributed by atoms with Crippen LogP contribution in [0.5, 0.6) is 0 Å². The van der Waals surface area contributed by atoms with E-state index in [2.05, 4.69) is 38.1 Å². The van der Waals surface area contributed by atoms with Gasteiger partial charge < -0.3 is 20.5 Å². The Morgan fingerprint density at radius 1 is 1.33 bits per heavy atom. The minimum absolute atomic E-state index is 0.113. The molecule has 1 heterocycles. The van der Waals surface area contributed by atoms with Crippen LogP contribution >= 0.6 is 0 Å². The van der Waals surface area contributed by atoms with E-state index in [1.807, 2.05) is 4.57 Å². The summed E-state index contributed by atoms with van der Waals surface area (Å²) in [5.41, 5.74) is 0. The molecular formula is C16H29N7O. The van der Waals surface area contributed by atoms with Gasteiger partial charge in [-0.1, -0.05) is 19.8 Å². The monoisotopic (exact) mass is 335 g/mol. The molecule has 0 spiro atoms. The van der Waals surface area contributed by atoms with E-state index >= 15 is 0 Å². The van der Waals surface area contributed by atoms with Crippen LogP contribution in [-0.2, 0) is 17.8 Å². The number of aliphatic imine (C=N–C) groups is 1. The van der Waals surface area contributed by atoms with E-state index in [0.717, 1.165) is 38.2 Å².